The van der Waals surface area contributed by atoms with E-state index in [9.17, 15) is 4.79 Å². The first-order chi connectivity index (χ1) is 12.1. The van der Waals surface area contributed by atoms with Crippen molar-refractivity contribution in [3.8, 4) is 11.6 Å². The monoisotopic (exact) mass is 359 g/mol. The molecule has 0 aromatic carbocycles. The maximum Gasteiger partial charge on any atom is 0.240 e. The van der Waals surface area contributed by atoms with Crippen LogP contribution in [0.15, 0.2) is 51.2 Å². The Labute approximate surface area is 148 Å². The van der Waals surface area contributed by atoms with Crippen molar-refractivity contribution >= 4 is 23.6 Å². The first-order valence-electron chi connectivity index (χ1n) is 7.57. The van der Waals surface area contributed by atoms with E-state index < -0.39 is 5.25 Å². The Bertz CT molecular complexity index is 868. The van der Waals surface area contributed by atoms with Crippen LogP contribution in [0.1, 0.15) is 12.6 Å². The van der Waals surface area contributed by atoms with Crippen molar-refractivity contribution in [3.05, 3.63) is 42.8 Å². The number of hydrogen-bond donors (Lipinski definition) is 1. The average Bonchev–Trinajstić information content (AvgIpc) is 3.30. The molecule has 1 N–H and O–H groups in total. The van der Waals surface area contributed by atoms with Gasteiger partial charge in [-0.1, -0.05) is 23.0 Å². The lowest BCUT2D eigenvalue weighted by Gasteiger charge is -2.11. The van der Waals surface area contributed by atoms with Gasteiger partial charge < -0.3 is 8.94 Å². The van der Waals surface area contributed by atoms with Crippen LogP contribution in [0.3, 0.4) is 0 Å². The van der Waals surface area contributed by atoms with Crippen LogP contribution in [0.5, 0.6) is 0 Å². The number of amides is 1. The molecular weight excluding hydrogens is 342 g/mol. The number of anilines is 1. The van der Waals surface area contributed by atoms with Crippen LogP contribution in [0.25, 0.3) is 11.6 Å². The highest BCUT2D eigenvalue weighted by Crippen LogP contribution is 2.27. The summed E-state index contributed by atoms with van der Waals surface area (Å²) in [5.74, 6) is 1.30. The fraction of sp³-hybridized carbons (Fsp3) is 0.250. The number of thioether (sulfide) groups is 1. The molecular formula is C16H17N5O3S. The van der Waals surface area contributed by atoms with Crippen LogP contribution >= 0.6 is 11.8 Å². The second-order valence-electron chi connectivity index (χ2n) is 5.26. The first kappa shape index (κ1) is 17.0. The Hall–Kier alpha value is -2.81. The molecule has 0 aliphatic rings. The Morgan fingerprint density at radius 2 is 2.36 bits per heavy atom. The number of carbonyl (C=O) groups is 1. The fourth-order valence-electron chi connectivity index (χ4n) is 2.11. The van der Waals surface area contributed by atoms with Crippen molar-refractivity contribution in [2.75, 3.05) is 5.32 Å². The lowest BCUT2D eigenvalue weighted by Crippen LogP contribution is -2.22. The zero-order valence-corrected chi connectivity index (χ0v) is 14.6. The molecule has 130 valence electrons. The zero-order valence-electron chi connectivity index (χ0n) is 13.8. The van der Waals surface area contributed by atoms with E-state index in [0.717, 1.165) is 0 Å². The molecule has 3 heterocycles. The summed E-state index contributed by atoms with van der Waals surface area (Å²) in [7, 11) is 0. The quantitative estimate of drug-likeness (QED) is 0.511. The number of aromatic nitrogens is 4. The van der Waals surface area contributed by atoms with Gasteiger partial charge in [0.1, 0.15) is 0 Å². The summed E-state index contributed by atoms with van der Waals surface area (Å²) >= 11 is 1.29. The van der Waals surface area contributed by atoms with Gasteiger partial charge >= 0.3 is 0 Å². The fourth-order valence-corrected chi connectivity index (χ4v) is 2.97. The van der Waals surface area contributed by atoms with E-state index >= 15 is 0 Å². The minimum absolute atomic E-state index is 0.214. The average molecular weight is 359 g/mol. The van der Waals surface area contributed by atoms with E-state index in [1.165, 1.54) is 11.8 Å². The molecule has 0 aliphatic carbocycles. The normalized spacial score (nSPS) is 12.1. The number of nitrogens with one attached hydrogen (secondary N) is 1. The minimum Gasteiger partial charge on any atom is -0.461 e. The van der Waals surface area contributed by atoms with Gasteiger partial charge in [0, 0.05) is 12.6 Å². The summed E-state index contributed by atoms with van der Waals surface area (Å²) in [6.07, 6.45) is 3.31. The van der Waals surface area contributed by atoms with Gasteiger partial charge in [-0.15, -0.1) is 16.8 Å². The van der Waals surface area contributed by atoms with Crippen molar-refractivity contribution in [1.29, 1.82) is 0 Å². The molecule has 0 saturated carbocycles. The topological polar surface area (TPSA) is 99.0 Å². The van der Waals surface area contributed by atoms with Crippen molar-refractivity contribution in [3.63, 3.8) is 0 Å². The summed E-state index contributed by atoms with van der Waals surface area (Å²) in [6.45, 7) is 7.82. The molecule has 25 heavy (non-hydrogen) atoms. The van der Waals surface area contributed by atoms with E-state index in [4.69, 9.17) is 8.94 Å². The van der Waals surface area contributed by atoms with E-state index in [-0.39, 0.29) is 5.91 Å². The van der Waals surface area contributed by atoms with Crippen molar-refractivity contribution in [2.24, 2.45) is 0 Å². The predicted octanol–water partition coefficient (Wildman–Crippen LogP) is 3.14. The van der Waals surface area contributed by atoms with Gasteiger partial charge in [0.15, 0.2) is 10.9 Å². The largest absolute Gasteiger partial charge is 0.461 e. The second kappa shape index (κ2) is 7.39. The maximum absolute atomic E-state index is 12.3. The van der Waals surface area contributed by atoms with Crippen LogP contribution in [0, 0.1) is 6.92 Å². The van der Waals surface area contributed by atoms with E-state index in [1.807, 2.05) is 4.57 Å². The maximum atomic E-state index is 12.3. The van der Waals surface area contributed by atoms with Crippen LogP contribution < -0.4 is 5.32 Å². The highest BCUT2D eigenvalue weighted by molar-refractivity contribution is 8.00. The highest BCUT2D eigenvalue weighted by atomic mass is 32.2. The highest BCUT2D eigenvalue weighted by Gasteiger charge is 2.22. The predicted molar refractivity (Wildman–Crippen MR) is 93.1 cm³/mol. The zero-order chi connectivity index (χ0) is 17.8. The van der Waals surface area contributed by atoms with E-state index in [0.29, 0.717) is 34.9 Å². The van der Waals surface area contributed by atoms with Crippen LogP contribution in [-0.4, -0.2) is 31.1 Å². The van der Waals surface area contributed by atoms with E-state index in [2.05, 4.69) is 27.2 Å². The first-order valence-corrected chi connectivity index (χ1v) is 8.45. The molecule has 0 saturated heterocycles. The summed E-state index contributed by atoms with van der Waals surface area (Å²) in [6, 6.07) is 5.25. The van der Waals surface area contributed by atoms with Crippen molar-refractivity contribution < 1.29 is 13.7 Å². The van der Waals surface area contributed by atoms with Crippen LogP contribution in [0.4, 0.5) is 5.88 Å². The molecule has 0 bridgehead atoms. The van der Waals surface area contributed by atoms with Gasteiger partial charge in [-0.25, -0.2) is 0 Å². The van der Waals surface area contributed by atoms with Crippen LogP contribution in [-0.2, 0) is 11.3 Å². The third-order valence-electron chi connectivity index (χ3n) is 3.30. The van der Waals surface area contributed by atoms with Gasteiger partial charge in [0.05, 0.1) is 17.2 Å². The van der Waals surface area contributed by atoms with Gasteiger partial charge in [0.2, 0.25) is 17.6 Å². The molecule has 3 rings (SSSR count). The number of allylic oxidation sites excluding steroid dienone is 1. The Morgan fingerprint density at radius 3 is 3.00 bits per heavy atom. The Balaban J connectivity index is 1.75. The molecule has 8 nitrogen and oxygen atoms in total. The Morgan fingerprint density at radius 1 is 1.52 bits per heavy atom. The lowest BCUT2D eigenvalue weighted by molar-refractivity contribution is -0.115. The molecule has 0 aliphatic heterocycles. The van der Waals surface area contributed by atoms with Crippen molar-refractivity contribution in [1.82, 2.24) is 19.9 Å². The van der Waals surface area contributed by atoms with Crippen molar-refractivity contribution in [2.45, 2.75) is 30.8 Å². The second-order valence-corrected chi connectivity index (χ2v) is 6.57. The standard InChI is InChI=1S/C16H17N5O3S/c1-4-7-21-14(12-6-5-8-23-12)18-19-16(21)25-11(3)15(22)17-13-9-10(2)20-24-13/h4-6,8-9,11H,1,7H2,2-3H3,(H,17,22). The molecule has 1 amide bonds. The van der Waals surface area contributed by atoms with Gasteiger partial charge in [-0.05, 0) is 26.0 Å². The minimum atomic E-state index is -0.414. The number of rotatable bonds is 7. The van der Waals surface area contributed by atoms with Gasteiger partial charge in [-0.2, -0.15) is 0 Å². The molecule has 0 fully saturated rings. The number of hydrogen-bond acceptors (Lipinski definition) is 7. The molecule has 9 heteroatoms. The SMILES string of the molecule is C=CCn1c(SC(C)C(=O)Nc2cc(C)no2)nnc1-c1ccco1. The van der Waals surface area contributed by atoms with Gasteiger partial charge in [-0.3, -0.25) is 14.7 Å². The lowest BCUT2D eigenvalue weighted by atomic mass is 10.4. The van der Waals surface area contributed by atoms with Gasteiger partial charge in [0.25, 0.3) is 0 Å². The summed E-state index contributed by atoms with van der Waals surface area (Å²) in [4.78, 5) is 12.3. The number of nitrogens with zero attached hydrogens (tertiary/aromatic N) is 4. The number of furan rings is 1. The number of aryl methyl sites for hydroxylation is 1. The third-order valence-corrected chi connectivity index (χ3v) is 4.38. The molecule has 1 unspecified atom stereocenters. The van der Waals surface area contributed by atoms with Crippen LogP contribution in [0.2, 0.25) is 0 Å². The molecule has 0 radical (unpaired) electrons. The molecule has 3 aromatic rings. The summed E-state index contributed by atoms with van der Waals surface area (Å²) < 4.78 is 12.2. The summed E-state index contributed by atoms with van der Waals surface area (Å²) in [5, 5.41) is 15.0. The molecule has 3 aromatic heterocycles. The summed E-state index contributed by atoms with van der Waals surface area (Å²) in [5.41, 5.74) is 0.699. The molecule has 1 atom stereocenters. The third kappa shape index (κ3) is 3.82. The number of carbonyl (C=O) groups excluding carboxylic acids is 1. The smallest absolute Gasteiger partial charge is 0.240 e. The molecule has 0 spiro atoms. The van der Waals surface area contributed by atoms with E-state index in [1.54, 1.807) is 44.4 Å². The Kier molecular flexibility index (Phi) is 5.03.